The summed E-state index contributed by atoms with van der Waals surface area (Å²) in [5.74, 6) is 0.458. The standard InChI is InChI=1S/C9H6ClIN2O/c1-5-2-3-6(7(10)4-5)8-12-13-9(11)14-8/h2-4H,1H3. The van der Waals surface area contributed by atoms with E-state index in [0.717, 1.165) is 11.1 Å². The van der Waals surface area contributed by atoms with Crippen LogP contribution in [0.1, 0.15) is 5.56 Å². The minimum atomic E-state index is 0.458. The zero-order valence-corrected chi connectivity index (χ0v) is 10.2. The van der Waals surface area contributed by atoms with Crippen LogP contribution < -0.4 is 0 Å². The number of nitrogens with zero attached hydrogens (tertiary/aromatic N) is 2. The van der Waals surface area contributed by atoms with E-state index >= 15 is 0 Å². The van der Waals surface area contributed by atoms with Crippen molar-refractivity contribution in [3.63, 3.8) is 0 Å². The number of hydrogen-bond donors (Lipinski definition) is 0. The first-order valence-electron chi connectivity index (χ1n) is 3.92. The molecule has 0 fully saturated rings. The zero-order chi connectivity index (χ0) is 10.1. The predicted octanol–water partition coefficient (Wildman–Crippen LogP) is 3.30. The fourth-order valence-electron chi connectivity index (χ4n) is 1.11. The van der Waals surface area contributed by atoms with Gasteiger partial charge >= 0.3 is 0 Å². The van der Waals surface area contributed by atoms with Crippen molar-refractivity contribution in [3.8, 4) is 11.5 Å². The van der Waals surface area contributed by atoms with E-state index in [1.165, 1.54) is 0 Å². The maximum atomic E-state index is 6.04. The summed E-state index contributed by atoms with van der Waals surface area (Å²) < 4.78 is 5.78. The number of halogens is 2. The monoisotopic (exact) mass is 320 g/mol. The molecule has 0 amide bonds. The van der Waals surface area contributed by atoms with E-state index in [9.17, 15) is 0 Å². The van der Waals surface area contributed by atoms with Crippen LogP contribution in [0.4, 0.5) is 0 Å². The van der Waals surface area contributed by atoms with Gasteiger partial charge in [-0.15, -0.1) is 10.2 Å². The third kappa shape index (κ3) is 1.90. The summed E-state index contributed by atoms with van der Waals surface area (Å²) in [7, 11) is 0. The first kappa shape index (κ1) is 9.92. The van der Waals surface area contributed by atoms with E-state index in [4.69, 9.17) is 16.0 Å². The van der Waals surface area contributed by atoms with Crippen molar-refractivity contribution < 1.29 is 4.42 Å². The van der Waals surface area contributed by atoms with Crippen LogP contribution >= 0.6 is 34.2 Å². The van der Waals surface area contributed by atoms with Gasteiger partial charge in [-0.2, -0.15) is 0 Å². The smallest absolute Gasteiger partial charge is 0.278 e. The lowest BCUT2D eigenvalue weighted by Crippen LogP contribution is -1.81. The van der Waals surface area contributed by atoms with Gasteiger partial charge < -0.3 is 4.42 Å². The van der Waals surface area contributed by atoms with Gasteiger partial charge in [-0.1, -0.05) is 17.7 Å². The van der Waals surface area contributed by atoms with Crippen LogP contribution in [0.15, 0.2) is 22.6 Å². The highest BCUT2D eigenvalue weighted by Gasteiger charge is 2.10. The average molecular weight is 321 g/mol. The molecule has 0 N–H and O–H groups in total. The summed E-state index contributed by atoms with van der Waals surface area (Å²) >= 11 is 8.01. The topological polar surface area (TPSA) is 38.9 Å². The van der Waals surface area contributed by atoms with E-state index in [2.05, 4.69) is 10.2 Å². The molecule has 0 radical (unpaired) electrons. The van der Waals surface area contributed by atoms with Gasteiger partial charge in [0.2, 0.25) is 5.89 Å². The Morgan fingerprint density at radius 3 is 2.71 bits per heavy atom. The van der Waals surface area contributed by atoms with E-state index in [1.54, 1.807) is 0 Å². The van der Waals surface area contributed by atoms with Crippen molar-refractivity contribution in [2.24, 2.45) is 0 Å². The maximum Gasteiger partial charge on any atom is 0.278 e. The summed E-state index contributed by atoms with van der Waals surface area (Å²) in [4.78, 5) is 0. The Morgan fingerprint density at radius 1 is 1.36 bits per heavy atom. The van der Waals surface area contributed by atoms with Gasteiger partial charge in [0.25, 0.3) is 3.90 Å². The first-order valence-corrected chi connectivity index (χ1v) is 5.38. The molecule has 0 aliphatic carbocycles. The third-order valence-electron chi connectivity index (χ3n) is 1.76. The Bertz CT molecular complexity index is 470. The molecule has 2 rings (SSSR count). The fraction of sp³-hybridized carbons (Fsp3) is 0.111. The van der Waals surface area contributed by atoms with Crippen LogP contribution in [0, 0.1) is 10.8 Å². The van der Waals surface area contributed by atoms with Crippen LogP contribution in [0.5, 0.6) is 0 Å². The van der Waals surface area contributed by atoms with E-state index < -0.39 is 0 Å². The van der Waals surface area contributed by atoms with Crippen LogP contribution in [0.2, 0.25) is 5.02 Å². The molecule has 0 saturated carbocycles. The van der Waals surface area contributed by atoms with Crippen molar-refractivity contribution >= 4 is 34.2 Å². The molecule has 3 nitrogen and oxygen atoms in total. The zero-order valence-electron chi connectivity index (χ0n) is 7.29. The van der Waals surface area contributed by atoms with E-state index in [-0.39, 0.29) is 0 Å². The molecule has 0 aliphatic rings. The maximum absolute atomic E-state index is 6.04. The molecular weight excluding hydrogens is 314 g/mol. The second-order valence-electron chi connectivity index (χ2n) is 2.84. The summed E-state index contributed by atoms with van der Waals surface area (Å²) in [5.41, 5.74) is 1.88. The largest absolute Gasteiger partial charge is 0.412 e. The van der Waals surface area contributed by atoms with Gasteiger partial charge in [-0.3, -0.25) is 0 Å². The molecule has 0 atom stereocenters. The Morgan fingerprint density at radius 2 is 2.14 bits per heavy atom. The number of benzene rings is 1. The van der Waals surface area contributed by atoms with Crippen molar-refractivity contribution in [2.45, 2.75) is 6.92 Å². The molecule has 2 aromatic rings. The Labute approximate surface area is 99.6 Å². The summed E-state index contributed by atoms with van der Waals surface area (Å²) in [6.07, 6.45) is 0. The van der Waals surface area contributed by atoms with Gasteiger partial charge in [0.05, 0.1) is 10.6 Å². The van der Waals surface area contributed by atoms with Gasteiger partial charge in [-0.25, -0.2) is 0 Å². The Hall–Kier alpha value is -0.620. The molecule has 5 heteroatoms. The van der Waals surface area contributed by atoms with Gasteiger partial charge in [0.1, 0.15) is 0 Å². The Kier molecular flexibility index (Phi) is 2.73. The molecule has 1 aromatic carbocycles. The predicted molar refractivity (Wildman–Crippen MR) is 62.2 cm³/mol. The highest BCUT2D eigenvalue weighted by molar-refractivity contribution is 14.1. The number of aromatic nitrogens is 2. The van der Waals surface area contributed by atoms with E-state index in [1.807, 2.05) is 47.7 Å². The molecule has 0 bridgehead atoms. The van der Waals surface area contributed by atoms with Crippen molar-refractivity contribution in [3.05, 3.63) is 32.7 Å². The van der Waals surface area contributed by atoms with Crippen LogP contribution in [0.3, 0.4) is 0 Å². The SMILES string of the molecule is Cc1ccc(-c2nnc(I)o2)c(Cl)c1. The first-order chi connectivity index (χ1) is 6.66. The number of rotatable bonds is 1. The summed E-state index contributed by atoms with van der Waals surface area (Å²) in [6, 6.07) is 5.70. The lowest BCUT2D eigenvalue weighted by atomic mass is 10.1. The van der Waals surface area contributed by atoms with Crippen LogP contribution in [0.25, 0.3) is 11.5 Å². The molecule has 1 heterocycles. The van der Waals surface area contributed by atoms with Crippen molar-refractivity contribution in [1.82, 2.24) is 10.2 Å². The van der Waals surface area contributed by atoms with Crippen molar-refractivity contribution in [1.29, 1.82) is 0 Å². The minimum absolute atomic E-state index is 0.458. The molecule has 72 valence electrons. The molecule has 0 spiro atoms. The lowest BCUT2D eigenvalue weighted by molar-refractivity contribution is 0.537. The van der Waals surface area contributed by atoms with Crippen LogP contribution in [-0.2, 0) is 0 Å². The van der Waals surface area contributed by atoms with E-state index in [0.29, 0.717) is 14.8 Å². The molecular formula is C9H6ClIN2O. The normalized spacial score (nSPS) is 10.5. The third-order valence-corrected chi connectivity index (χ3v) is 2.50. The highest BCUT2D eigenvalue weighted by atomic mass is 127. The second-order valence-corrected chi connectivity index (χ2v) is 4.17. The summed E-state index contributed by atoms with van der Waals surface area (Å²) in [5, 5.41) is 8.27. The minimum Gasteiger partial charge on any atom is -0.412 e. The van der Waals surface area contributed by atoms with Gasteiger partial charge in [0.15, 0.2) is 0 Å². The fourth-order valence-corrected chi connectivity index (χ4v) is 1.74. The van der Waals surface area contributed by atoms with Gasteiger partial charge in [-0.05, 0) is 24.6 Å². The highest BCUT2D eigenvalue weighted by Crippen LogP contribution is 2.27. The molecule has 0 aliphatic heterocycles. The molecule has 14 heavy (non-hydrogen) atoms. The van der Waals surface area contributed by atoms with Crippen LogP contribution in [-0.4, -0.2) is 10.2 Å². The second kappa shape index (κ2) is 3.86. The van der Waals surface area contributed by atoms with Crippen molar-refractivity contribution in [2.75, 3.05) is 0 Å². The number of aryl methyl sites for hydroxylation is 1. The van der Waals surface area contributed by atoms with Gasteiger partial charge in [0, 0.05) is 22.6 Å². The summed E-state index contributed by atoms with van der Waals surface area (Å²) in [6.45, 7) is 1.98. The molecule has 1 aromatic heterocycles. The average Bonchev–Trinajstić information content (AvgIpc) is 2.51. The quantitative estimate of drug-likeness (QED) is 0.757. The molecule has 0 unspecified atom stereocenters. The lowest BCUT2D eigenvalue weighted by Gasteiger charge is -1.99. The molecule has 0 saturated heterocycles. The Balaban J connectivity index is 2.52. The number of hydrogen-bond acceptors (Lipinski definition) is 3.